The highest BCUT2D eigenvalue weighted by atomic mass is 16.1. The minimum Gasteiger partial charge on any atom is -0.302 e. The topological polar surface area (TPSA) is 40.6 Å². The van der Waals surface area contributed by atoms with Crippen LogP contribution < -0.4 is 0 Å². The van der Waals surface area contributed by atoms with Gasteiger partial charge in [0.05, 0.1) is 6.04 Å². The number of piperidine rings is 2. The zero-order valence-corrected chi connectivity index (χ0v) is 12.9. The Morgan fingerprint density at radius 3 is 2.60 bits per heavy atom. The number of carbonyl (C=O) groups is 2. The Balaban J connectivity index is 1.76. The zero-order chi connectivity index (χ0) is 14.5. The molecule has 0 spiro atoms. The molecule has 2 atom stereocenters. The molecule has 0 radical (unpaired) electrons. The molecular formula is C16H28N2O2. The van der Waals surface area contributed by atoms with Crippen molar-refractivity contribution >= 4 is 11.6 Å². The van der Waals surface area contributed by atoms with E-state index in [2.05, 4.69) is 16.8 Å². The van der Waals surface area contributed by atoms with Crippen molar-refractivity contribution in [2.75, 3.05) is 33.2 Å². The molecule has 0 unspecified atom stereocenters. The number of Topliss-reactive ketones (excluding diaryl/α,β-unsaturated/α-hetero) is 2. The third kappa shape index (κ3) is 4.13. The summed E-state index contributed by atoms with van der Waals surface area (Å²) in [6, 6.07) is 0.136. The van der Waals surface area contributed by atoms with E-state index in [0.717, 1.165) is 45.4 Å². The van der Waals surface area contributed by atoms with E-state index >= 15 is 0 Å². The lowest BCUT2D eigenvalue weighted by molar-refractivity contribution is -0.125. The van der Waals surface area contributed by atoms with Crippen LogP contribution in [0.1, 0.15) is 45.4 Å². The van der Waals surface area contributed by atoms with Crippen molar-refractivity contribution in [2.45, 2.75) is 51.5 Å². The summed E-state index contributed by atoms with van der Waals surface area (Å²) in [5, 5.41) is 0. The van der Waals surface area contributed by atoms with Crippen LogP contribution in [0.5, 0.6) is 0 Å². The Morgan fingerprint density at radius 2 is 1.90 bits per heavy atom. The largest absolute Gasteiger partial charge is 0.302 e. The van der Waals surface area contributed by atoms with Gasteiger partial charge in [0.15, 0.2) is 5.78 Å². The number of hydrogen-bond donors (Lipinski definition) is 0. The van der Waals surface area contributed by atoms with Crippen LogP contribution in [0.3, 0.4) is 0 Å². The van der Waals surface area contributed by atoms with Gasteiger partial charge in [-0.05, 0) is 52.7 Å². The molecule has 2 saturated heterocycles. The number of likely N-dealkylation sites (tertiary alicyclic amines) is 2. The first kappa shape index (κ1) is 15.6. The minimum atomic E-state index is 0.136. The summed E-state index contributed by atoms with van der Waals surface area (Å²) in [6.07, 6.45) is 6.15. The van der Waals surface area contributed by atoms with Gasteiger partial charge in [-0.25, -0.2) is 0 Å². The van der Waals surface area contributed by atoms with Gasteiger partial charge in [0.25, 0.3) is 0 Å². The fourth-order valence-corrected chi connectivity index (χ4v) is 3.51. The lowest BCUT2D eigenvalue weighted by Gasteiger charge is -2.33. The number of likely N-dealkylation sites (N-methyl/N-ethyl adjacent to an activating group) is 1. The molecule has 4 heteroatoms. The fraction of sp³-hybridized carbons (Fsp3) is 0.875. The lowest BCUT2D eigenvalue weighted by atomic mass is 9.93. The van der Waals surface area contributed by atoms with Gasteiger partial charge in [-0.2, -0.15) is 0 Å². The van der Waals surface area contributed by atoms with Crippen LogP contribution in [0.2, 0.25) is 0 Å². The number of rotatable bonds is 5. The van der Waals surface area contributed by atoms with Crippen LogP contribution in [0.15, 0.2) is 0 Å². The predicted molar refractivity (Wildman–Crippen MR) is 79.7 cm³/mol. The van der Waals surface area contributed by atoms with E-state index in [-0.39, 0.29) is 12.0 Å². The second kappa shape index (κ2) is 7.32. The quantitative estimate of drug-likeness (QED) is 0.769. The minimum absolute atomic E-state index is 0.136. The first-order valence-corrected chi connectivity index (χ1v) is 8.03. The number of hydrogen-bond acceptors (Lipinski definition) is 4. The summed E-state index contributed by atoms with van der Waals surface area (Å²) in [6.45, 7) is 5.45. The Kier molecular flexibility index (Phi) is 5.73. The van der Waals surface area contributed by atoms with E-state index < -0.39 is 0 Å². The molecule has 0 bridgehead atoms. The molecule has 0 aromatic heterocycles. The molecule has 114 valence electrons. The average Bonchev–Trinajstić information content (AvgIpc) is 2.45. The maximum Gasteiger partial charge on any atom is 0.151 e. The maximum absolute atomic E-state index is 12.3. The van der Waals surface area contributed by atoms with Gasteiger partial charge in [-0.15, -0.1) is 0 Å². The molecule has 2 fully saturated rings. The molecule has 0 N–H and O–H groups in total. The molecule has 2 rings (SSSR count). The average molecular weight is 280 g/mol. The SMILES string of the molecule is CC(=O)[C@@H]1CCCN(CCC(=O)[C@@H]2CCCCN2C)C1. The second-order valence-corrected chi connectivity index (χ2v) is 6.46. The van der Waals surface area contributed by atoms with Gasteiger partial charge >= 0.3 is 0 Å². The summed E-state index contributed by atoms with van der Waals surface area (Å²) in [5.74, 6) is 0.876. The molecule has 2 aliphatic rings. The van der Waals surface area contributed by atoms with Gasteiger partial charge in [0.2, 0.25) is 0 Å². The van der Waals surface area contributed by atoms with Crippen LogP contribution in [-0.4, -0.2) is 60.6 Å². The molecular weight excluding hydrogens is 252 g/mol. The molecule has 0 amide bonds. The van der Waals surface area contributed by atoms with Crippen LogP contribution in [0.25, 0.3) is 0 Å². The molecule has 2 heterocycles. The highest BCUT2D eigenvalue weighted by Crippen LogP contribution is 2.19. The summed E-state index contributed by atoms with van der Waals surface area (Å²) in [7, 11) is 2.06. The monoisotopic (exact) mass is 280 g/mol. The molecule has 0 aromatic rings. The van der Waals surface area contributed by atoms with Gasteiger partial charge in [-0.1, -0.05) is 6.42 Å². The lowest BCUT2D eigenvalue weighted by Crippen LogP contribution is -2.44. The third-order valence-electron chi connectivity index (χ3n) is 4.90. The molecule has 20 heavy (non-hydrogen) atoms. The number of nitrogens with zero attached hydrogens (tertiary/aromatic N) is 2. The Bertz CT molecular complexity index is 356. The zero-order valence-electron chi connectivity index (χ0n) is 12.9. The highest BCUT2D eigenvalue weighted by molar-refractivity contribution is 5.84. The fourth-order valence-electron chi connectivity index (χ4n) is 3.51. The maximum atomic E-state index is 12.3. The van der Waals surface area contributed by atoms with Crippen molar-refractivity contribution in [3.63, 3.8) is 0 Å². The number of carbonyl (C=O) groups excluding carboxylic acids is 2. The summed E-state index contributed by atoms with van der Waals surface area (Å²) >= 11 is 0. The van der Waals surface area contributed by atoms with Gasteiger partial charge in [-0.3, -0.25) is 14.5 Å². The first-order valence-electron chi connectivity index (χ1n) is 8.03. The number of ketones is 2. The Labute approximate surface area is 122 Å². The van der Waals surface area contributed by atoms with E-state index in [1.54, 1.807) is 6.92 Å². The Hall–Kier alpha value is -0.740. The molecule has 4 nitrogen and oxygen atoms in total. The van der Waals surface area contributed by atoms with Crippen molar-refractivity contribution in [1.82, 2.24) is 9.80 Å². The van der Waals surface area contributed by atoms with E-state index in [1.165, 1.54) is 12.8 Å². The summed E-state index contributed by atoms with van der Waals surface area (Å²) in [5.41, 5.74) is 0. The smallest absolute Gasteiger partial charge is 0.151 e. The third-order valence-corrected chi connectivity index (χ3v) is 4.90. The Morgan fingerprint density at radius 1 is 1.10 bits per heavy atom. The van der Waals surface area contributed by atoms with E-state index in [1.807, 2.05) is 0 Å². The van der Waals surface area contributed by atoms with Crippen molar-refractivity contribution in [2.24, 2.45) is 5.92 Å². The van der Waals surface area contributed by atoms with Crippen molar-refractivity contribution in [1.29, 1.82) is 0 Å². The molecule has 0 aromatic carbocycles. The van der Waals surface area contributed by atoms with Gasteiger partial charge in [0.1, 0.15) is 5.78 Å². The standard InChI is InChI=1S/C16H28N2O2/c1-13(19)14-6-5-10-18(12-14)11-8-16(20)15-7-3-4-9-17(15)2/h14-15H,3-12H2,1-2H3/t14-,15+/m1/s1. The summed E-state index contributed by atoms with van der Waals surface area (Å²) < 4.78 is 0. The molecule has 0 saturated carbocycles. The first-order chi connectivity index (χ1) is 9.58. The van der Waals surface area contributed by atoms with E-state index in [9.17, 15) is 9.59 Å². The van der Waals surface area contributed by atoms with Crippen LogP contribution >= 0.6 is 0 Å². The second-order valence-electron chi connectivity index (χ2n) is 6.46. The van der Waals surface area contributed by atoms with Crippen molar-refractivity contribution in [3.05, 3.63) is 0 Å². The van der Waals surface area contributed by atoms with Crippen LogP contribution in [0, 0.1) is 5.92 Å². The normalized spacial score (nSPS) is 29.3. The predicted octanol–water partition coefficient (Wildman–Crippen LogP) is 1.73. The van der Waals surface area contributed by atoms with Crippen molar-refractivity contribution in [3.8, 4) is 0 Å². The van der Waals surface area contributed by atoms with Crippen LogP contribution in [-0.2, 0) is 9.59 Å². The molecule has 2 aliphatic heterocycles. The van der Waals surface area contributed by atoms with E-state index in [4.69, 9.17) is 0 Å². The highest BCUT2D eigenvalue weighted by Gasteiger charge is 2.27. The molecule has 0 aliphatic carbocycles. The van der Waals surface area contributed by atoms with Crippen molar-refractivity contribution < 1.29 is 9.59 Å². The van der Waals surface area contributed by atoms with Gasteiger partial charge < -0.3 is 4.90 Å². The van der Waals surface area contributed by atoms with E-state index in [0.29, 0.717) is 18.0 Å². The van der Waals surface area contributed by atoms with Gasteiger partial charge in [0, 0.05) is 25.4 Å². The summed E-state index contributed by atoms with van der Waals surface area (Å²) in [4.78, 5) is 28.3. The van der Waals surface area contributed by atoms with Crippen LogP contribution in [0.4, 0.5) is 0 Å².